The van der Waals surface area contributed by atoms with Crippen LogP contribution >= 0.6 is 11.6 Å². The Morgan fingerprint density at radius 2 is 1.80 bits per heavy atom. The molecule has 0 bridgehead atoms. The number of anilines is 1. The van der Waals surface area contributed by atoms with Crippen LogP contribution in [0.3, 0.4) is 0 Å². The van der Waals surface area contributed by atoms with Crippen molar-refractivity contribution in [3.05, 3.63) is 76.8 Å². The number of fused-ring (bicyclic) bond motifs is 1. The zero-order valence-corrected chi connectivity index (χ0v) is 17.1. The summed E-state index contributed by atoms with van der Waals surface area (Å²) in [6, 6.07) is 17.7. The van der Waals surface area contributed by atoms with Crippen molar-refractivity contribution in [3.8, 4) is 23.0 Å². The number of para-hydroxylation sites is 1. The van der Waals surface area contributed by atoms with Gasteiger partial charge in [0.2, 0.25) is 0 Å². The van der Waals surface area contributed by atoms with E-state index >= 15 is 0 Å². The Kier molecular flexibility index (Phi) is 5.95. The zero-order valence-electron chi connectivity index (χ0n) is 16.3. The van der Waals surface area contributed by atoms with Gasteiger partial charge in [0.15, 0.2) is 11.5 Å². The van der Waals surface area contributed by atoms with Crippen LogP contribution in [-0.2, 0) is 6.61 Å². The molecule has 0 fully saturated rings. The second-order valence-electron chi connectivity index (χ2n) is 6.56. The molecule has 1 aliphatic heterocycles. The third kappa shape index (κ3) is 4.44. The minimum absolute atomic E-state index is 0.206. The molecule has 1 aliphatic rings. The fourth-order valence-electron chi connectivity index (χ4n) is 3.07. The predicted molar refractivity (Wildman–Crippen MR) is 114 cm³/mol. The van der Waals surface area contributed by atoms with Gasteiger partial charge in [0.1, 0.15) is 31.3 Å². The Morgan fingerprint density at radius 1 is 1.00 bits per heavy atom. The second-order valence-corrected chi connectivity index (χ2v) is 6.97. The van der Waals surface area contributed by atoms with Crippen LogP contribution in [-0.4, -0.2) is 26.2 Å². The van der Waals surface area contributed by atoms with E-state index in [1.807, 2.05) is 12.1 Å². The van der Waals surface area contributed by atoms with Gasteiger partial charge < -0.3 is 24.3 Å². The minimum Gasteiger partial charge on any atom is -0.496 e. The summed E-state index contributed by atoms with van der Waals surface area (Å²) in [5, 5.41) is 3.40. The summed E-state index contributed by atoms with van der Waals surface area (Å²) in [7, 11) is 1.57. The number of amides is 1. The highest BCUT2D eigenvalue weighted by Gasteiger charge is 2.15. The maximum atomic E-state index is 12.8. The summed E-state index contributed by atoms with van der Waals surface area (Å²) in [4.78, 5) is 12.8. The lowest BCUT2D eigenvalue weighted by Gasteiger charge is -2.19. The molecular formula is C23H20ClNO5. The van der Waals surface area contributed by atoms with Gasteiger partial charge in [0.05, 0.1) is 12.1 Å². The topological polar surface area (TPSA) is 66.0 Å². The van der Waals surface area contributed by atoms with Crippen LogP contribution in [0.25, 0.3) is 0 Å². The zero-order chi connectivity index (χ0) is 20.9. The van der Waals surface area contributed by atoms with Gasteiger partial charge in [-0.1, -0.05) is 23.7 Å². The number of rotatable bonds is 6. The van der Waals surface area contributed by atoms with Gasteiger partial charge in [-0.25, -0.2) is 0 Å². The third-order valence-electron chi connectivity index (χ3n) is 4.56. The molecule has 0 saturated carbocycles. The number of benzene rings is 3. The molecule has 0 aliphatic carbocycles. The molecular weight excluding hydrogens is 406 g/mol. The number of hydrogen-bond acceptors (Lipinski definition) is 5. The number of halogens is 1. The maximum Gasteiger partial charge on any atom is 0.255 e. The van der Waals surface area contributed by atoms with Crippen LogP contribution in [0.15, 0.2) is 60.7 Å². The Labute approximate surface area is 179 Å². The first-order valence-corrected chi connectivity index (χ1v) is 9.77. The highest BCUT2D eigenvalue weighted by Crippen LogP contribution is 2.33. The Hall–Kier alpha value is -3.38. The molecule has 3 aromatic rings. The molecule has 30 heavy (non-hydrogen) atoms. The van der Waals surface area contributed by atoms with Gasteiger partial charge in [-0.05, 0) is 42.5 Å². The van der Waals surface area contributed by atoms with Crippen molar-refractivity contribution in [1.82, 2.24) is 0 Å². The van der Waals surface area contributed by atoms with E-state index < -0.39 is 0 Å². The molecule has 3 aromatic carbocycles. The van der Waals surface area contributed by atoms with Crippen molar-refractivity contribution in [2.45, 2.75) is 6.61 Å². The molecule has 0 spiro atoms. The van der Waals surface area contributed by atoms with Crippen LogP contribution in [0.5, 0.6) is 23.0 Å². The number of hydrogen-bond donors (Lipinski definition) is 1. The van der Waals surface area contributed by atoms with Crippen LogP contribution in [0.4, 0.5) is 5.69 Å². The van der Waals surface area contributed by atoms with Crippen molar-refractivity contribution >= 4 is 23.2 Å². The average molecular weight is 426 g/mol. The first-order chi connectivity index (χ1) is 14.6. The third-order valence-corrected chi connectivity index (χ3v) is 4.87. The molecule has 154 valence electrons. The summed E-state index contributed by atoms with van der Waals surface area (Å²) in [6.07, 6.45) is 0. The normalized spacial score (nSPS) is 12.2. The van der Waals surface area contributed by atoms with Crippen molar-refractivity contribution in [2.75, 3.05) is 25.6 Å². The summed E-state index contributed by atoms with van der Waals surface area (Å²) >= 11 is 6.15. The average Bonchev–Trinajstić information content (AvgIpc) is 2.78. The molecule has 1 amide bonds. The Morgan fingerprint density at radius 3 is 2.60 bits per heavy atom. The smallest absolute Gasteiger partial charge is 0.255 e. The maximum absolute atomic E-state index is 12.8. The minimum atomic E-state index is -0.256. The number of carbonyl (C=O) groups is 1. The second kappa shape index (κ2) is 8.97. The predicted octanol–water partition coefficient (Wildman–Crippen LogP) is 4.95. The van der Waals surface area contributed by atoms with E-state index in [9.17, 15) is 4.79 Å². The van der Waals surface area contributed by atoms with Crippen molar-refractivity contribution < 1.29 is 23.7 Å². The van der Waals surface area contributed by atoms with Crippen LogP contribution in [0.1, 0.15) is 15.9 Å². The van der Waals surface area contributed by atoms with E-state index in [0.717, 1.165) is 5.56 Å². The van der Waals surface area contributed by atoms with E-state index in [0.29, 0.717) is 52.5 Å². The molecule has 6 nitrogen and oxygen atoms in total. The standard InChI is InChI=1S/C23H20ClNO5/c1-27-19-8-6-15(12-16(19)14-30-20-5-3-2-4-18(20)24)23(26)25-17-7-9-21-22(13-17)29-11-10-28-21/h2-9,12-13H,10-11,14H2,1H3,(H,25,26). The molecule has 7 heteroatoms. The summed E-state index contributed by atoms with van der Waals surface area (Å²) < 4.78 is 22.3. The van der Waals surface area contributed by atoms with Crippen LogP contribution < -0.4 is 24.3 Å². The van der Waals surface area contributed by atoms with E-state index in [4.69, 9.17) is 30.5 Å². The quantitative estimate of drug-likeness (QED) is 0.605. The fourth-order valence-corrected chi connectivity index (χ4v) is 3.26. The van der Waals surface area contributed by atoms with Crippen LogP contribution in [0, 0.1) is 0 Å². The molecule has 0 radical (unpaired) electrons. The fraction of sp³-hybridized carbons (Fsp3) is 0.174. The first-order valence-electron chi connectivity index (χ1n) is 9.39. The highest BCUT2D eigenvalue weighted by molar-refractivity contribution is 6.32. The van der Waals surface area contributed by atoms with Gasteiger partial charge >= 0.3 is 0 Å². The van der Waals surface area contributed by atoms with Crippen molar-refractivity contribution in [3.63, 3.8) is 0 Å². The van der Waals surface area contributed by atoms with Crippen molar-refractivity contribution in [1.29, 1.82) is 0 Å². The number of carbonyl (C=O) groups excluding carboxylic acids is 1. The lowest BCUT2D eigenvalue weighted by atomic mass is 10.1. The SMILES string of the molecule is COc1ccc(C(=O)Nc2ccc3c(c2)OCCO3)cc1COc1ccccc1Cl. The highest BCUT2D eigenvalue weighted by atomic mass is 35.5. The lowest BCUT2D eigenvalue weighted by molar-refractivity contribution is 0.102. The Balaban J connectivity index is 1.50. The number of ether oxygens (including phenoxy) is 4. The lowest BCUT2D eigenvalue weighted by Crippen LogP contribution is -2.16. The summed E-state index contributed by atoms with van der Waals surface area (Å²) in [5.74, 6) is 2.21. The first kappa shape index (κ1) is 19.9. The van der Waals surface area contributed by atoms with Gasteiger partial charge in [0.25, 0.3) is 5.91 Å². The van der Waals surface area contributed by atoms with E-state index in [1.165, 1.54) is 0 Å². The monoisotopic (exact) mass is 425 g/mol. The van der Waals surface area contributed by atoms with Gasteiger partial charge in [-0.15, -0.1) is 0 Å². The molecule has 1 heterocycles. The molecule has 4 rings (SSSR count). The molecule has 0 saturated heterocycles. The van der Waals surface area contributed by atoms with Crippen molar-refractivity contribution in [2.24, 2.45) is 0 Å². The van der Waals surface area contributed by atoms with Gasteiger partial charge in [-0.3, -0.25) is 4.79 Å². The van der Waals surface area contributed by atoms with Gasteiger partial charge in [0, 0.05) is 22.9 Å². The van der Waals surface area contributed by atoms with E-state index in [2.05, 4.69) is 5.32 Å². The van der Waals surface area contributed by atoms with Gasteiger partial charge in [-0.2, -0.15) is 0 Å². The molecule has 0 atom stereocenters. The number of methoxy groups -OCH3 is 1. The Bertz CT molecular complexity index is 1070. The summed E-state index contributed by atoms with van der Waals surface area (Å²) in [6.45, 7) is 1.21. The van der Waals surface area contributed by atoms with E-state index in [1.54, 1.807) is 55.6 Å². The number of nitrogens with one attached hydrogen (secondary N) is 1. The molecule has 0 unspecified atom stereocenters. The molecule has 1 N–H and O–H groups in total. The van der Waals surface area contributed by atoms with E-state index in [-0.39, 0.29) is 12.5 Å². The largest absolute Gasteiger partial charge is 0.496 e. The van der Waals surface area contributed by atoms with Crippen LogP contribution in [0.2, 0.25) is 5.02 Å². The summed E-state index contributed by atoms with van der Waals surface area (Å²) in [5.41, 5.74) is 1.82. The molecule has 0 aromatic heterocycles.